The quantitative estimate of drug-likeness (QED) is 0.163. The molecule has 0 aliphatic carbocycles. The van der Waals surface area contributed by atoms with Crippen LogP contribution in [0.2, 0.25) is 0 Å². The first-order chi connectivity index (χ1) is 33.8. The number of rotatable bonds is 4. The molecule has 0 amide bonds. The van der Waals surface area contributed by atoms with Crippen LogP contribution in [0, 0.1) is 0 Å². The topological polar surface area (TPSA) is 6.48 Å². The third-order valence-corrected chi connectivity index (χ3v) is 15.0. The Morgan fingerprint density at radius 2 is 0.500 bits per heavy atom. The number of benzene rings is 12. The second-order valence-electron chi connectivity index (χ2n) is 18.6. The van der Waals surface area contributed by atoms with Crippen molar-refractivity contribution >= 4 is 88.0 Å². The van der Waals surface area contributed by atoms with E-state index in [1.807, 2.05) is 0 Å². The number of aryl methyl sites for hydroxylation is 4. The lowest BCUT2D eigenvalue weighted by Crippen LogP contribution is -2.12. The summed E-state index contributed by atoms with van der Waals surface area (Å²) in [5.41, 5.74) is 17.9. The van der Waals surface area contributed by atoms with Crippen LogP contribution in [-0.4, -0.2) is 0 Å². The standard InChI is InChI=1S/C66H46N2/c1-13-29-60-43(17-1)33-34-44-18-2-14-30-61(44)67(60)64-39-37-52(48-21-5-9-25-54(48)64)58-41-47-42-59(51-24-8-12-28-57(51)66(47)56-27-11-7-23-50(56)58)53-38-40-65(55-26-10-6-22-49(53)55)68-62-31-15-3-19-45(62)35-36-46-20-4-16-32-63(46)68/h1-32,37-42H,33-36H2. The highest BCUT2D eigenvalue weighted by molar-refractivity contribution is 6.27. The third kappa shape index (κ3) is 5.97. The van der Waals surface area contributed by atoms with Gasteiger partial charge in [0.05, 0.1) is 11.4 Å². The zero-order chi connectivity index (χ0) is 44.7. The minimum atomic E-state index is 1.01. The lowest BCUT2D eigenvalue weighted by Gasteiger charge is -2.29. The minimum absolute atomic E-state index is 1.01. The summed E-state index contributed by atoms with van der Waals surface area (Å²) >= 11 is 0. The molecule has 2 heterocycles. The van der Waals surface area contributed by atoms with E-state index in [1.165, 1.54) is 132 Å². The smallest absolute Gasteiger partial charge is 0.0540 e. The van der Waals surface area contributed by atoms with Gasteiger partial charge in [-0.05, 0) is 162 Å². The van der Waals surface area contributed by atoms with Gasteiger partial charge in [-0.3, -0.25) is 0 Å². The van der Waals surface area contributed by atoms with E-state index >= 15 is 0 Å². The van der Waals surface area contributed by atoms with Crippen molar-refractivity contribution in [2.75, 3.05) is 9.80 Å². The fourth-order valence-electron chi connectivity index (χ4n) is 11.9. The Kier molecular flexibility index (Phi) is 8.88. The number of anilines is 6. The maximum Gasteiger partial charge on any atom is 0.0540 e. The fourth-order valence-corrected chi connectivity index (χ4v) is 11.9. The monoisotopic (exact) mass is 866 g/mol. The Bertz CT molecular complexity index is 3660. The van der Waals surface area contributed by atoms with Crippen LogP contribution in [0.3, 0.4) is 0 Å². The summed E-state index contributed by atoms with van der Waals surface area (Å²) in [4.78, 5) is 5.03. The lowest BCUT2D eigenvalue weighted by molar-refractivity contribution is 0.977. The van der Waals surface area contributed by atoms with Gasteiger partial charge in [0.15, 0.2) is 0 Å². The number of para-hydroxylation sites is 4. The molecule has 2 heteroatoms. The molecule has 0 spiro atoms. The average Bonchev–Trinajstić information content (AvgIpc) is 3.68. The van der Waals surface area contributed by atoms with E-state index in [0.717, 1.165) is 25.7 Å². The maximum atomic E-state index is 2.51. The molecule has 12 aromatic carbocycles. The van der Waals surface area contributed by atoms with Crippen LogP contribution in [-0.2, 0) is 25.7 Å². The average molecular weight is 867 g/mol. The van der Waals surface area contributed by atoms with Gasteiger partial charge < -0.3 is 9.80 Å². The van der Waals surface area contributed by atoms with E-state index in [9.17, 15) is 0 Å². The molecule has 12 aromatic rings. The van der Waals surface area contributed by atoms with Crippen molar-refractivity contribution in [3.05, 3.63) is 253 Å². The summed E-state index contributed by atoms with van der Waals surface area (Å²) < 4.78 is 0. The highest BCUT2D eigenvalue weighted by atomic mass is 15.2. The molecule has 320 valence electrons. The number of nitrogens with zero attached hydrogens (tertiary/aromatic N) is 2. The summed E-state index contributed by atoms with van der Waals surface area (Å²) in [5, 5.41) is 12.5. The highest BCUT2D eigenvalue weighted by Gasteiger charge is 2.27. The van der Waals surface area contributed by atoms with E-state index in [1.54, 1.807) is 0 Å². The molecule has 0 saturated carbocycles. The molecule has 0 atom stereocenters. The number of fused-ring (bicyclic) bond motifs is 11. The van der Waals surface area contributed by atoms with Crippen molar-refractivity contribution in [1.29, 1.82) is 0 Å². The van der Waals surface area contributed by atoms with E-state index in [4.69, 9.17) is 0 Å². The van der Waals surface area contributed by atoms with Crippen LogP contribution < -0.4 is 9.80 Å². The molecular formula is C66H46N2. The molecule has 0 bridgehead atoms. The first-order valence-corrected chi connectivity index (χ1v) is 24.1. The van der Waals surface area contributed by atoms with Gasteiger partial charge in [-0.15, -0.1) is 0 Å². The van der Waals surface area contributed by atoms with Crippen molar-refractivity contribution in [3.63, 3.8) is 0 Å². The first kappa shape index (κ1) is 38.8. The molecule has 68 heavy (non-hydrogen) atoms. The molecule has 2 aliphatic heterocycles. The van der Waals surface area contributed by atoms with Gasteiger partial charge >= 0.3 is 0 Å². The van der Waals surface area contributed by atoms with E-state index in [2.05, 4.69) is 240 Å². The van der Waals surface area contributed by atoms with Crippen molar-refractivity contribution in [2.24, 2.45) is 0 Å². The molecule has 2 aliphatic rings. The van der Waals surface area contributed by atoms with Crippen LogP contribution >= 0.6 is 0 Å². The Morgan fingerprint density at radius 1 is 0.221 bits per heavy atom. The zero-order valence-electron chi connectivity index (χ0n) is 37.7. The van der Waals surface area contributed by atoms with Crippen molar-refractivity contribution in [2.45, 2.75) is 25.7 Å². The number of hydrogen-bond donors (Lipinski definition) is 0. The molecular weight excluding hydrogens is 821 g/mol. The minimum Gasteiger partial charge on any atom is -0.309 e. The largest absolute Gasteiger partial charge is 0.309 e. The fraction of sp³-hybridized carbons (Fsp3) is 0.0606. The van der Waals surface area contributed by atoms with Crippen LogP contribution in [0.1, 0.15) is 22.3 Å². The predicted octanol–water partition coefficient (Wildman–Crippen LogP) is 17.9. The van der Waals surface area contributed by atoms with Crippen LogP contribution in [0.4, 0.5) is 34.1 Å². The Labute approximate surface area is 396 Å². The van der Waals surface area contributed by atoms with Gasteiger partial charge in [-0.1, -0.05) is 182 Å². The molecule has 0 unspecified atom stereocenters. The molecule has 0 fully saturated rings. The Balaban J connectivity index is 0.995. The summed E-state index contributed by atoms with van der Waals surface area (Å²) in [5.74, 6) is 0. The second-order valence-corrected chi connectivity index (χ2v) is 18.6. The summed E-state index contributed by atoms with van der Waals surface area (Å²) in [6, 6.07) is 86.5. The molecule has 0 aromatic heterocycles. The van der Waals surface area contributed by atoms with Gasteiger partial charge in [0.2, 0.25) is 0 Å². The number of hydrogen-bond acceptors (Lipinski definition) is 2. The first-order valence-electron chi connectivity index (χ1n) is 24.1. The summed E-state index contributed by atoms with van der Waals surface area (Å²) in [6.45, 7) is 0. The van der Waals surface area contributed by atoms with Crippen molar-refractivity contribution in [3.8, 4) is 22.3 Å². The Hall–Kier alpha value is -8.46. The molecule has 0 saturated heterocycles. The molecule has 2 nitrogen and oxygen atoms in total. The maximum absolute atomic E-state index is 2.51. The van der Waals surface area contributed by atoms with E-state index < -0.39 is 0 Å². The normalized spacial score (nSPS) is 13.3. The van der Waals surface area contributed by atoms with E-state index in [0.29, 0.717) is 0 Å². The van der Waals surface area contributed by atoms with E-state index in [-0.39, 0.29) is 0 Å². The van der Waals surface area contributed by atoms with Crippen LogP contribution in [0.15, 0.2) is 231 Å². The molecule has 0 radical (unpaired) electrons. The van der Waals surface area contributed by atoms with Crippen LogP contribution in [0.25, 0.3) is 76.1 Å². The molecule has 0 N–H and O–H groups in total. The van der Waals surface area contributed by atoms with Crippen LogP contribution in [0.5, 0.6) is 0 Å². The SMILES string of the molecule is c1ccc2c(c1)CCc1ccccc1N2c1ccc(-c2cc3cc(-c4ccc(N5c6ccccc6CCc6ccccc65)c5ccccc45)c4ccccc4c3c3ccccc23)c2ccccc12. The third-order valence-electron chi connectivity index (χ3n) is 15.0. The summed E-state index contributed by atoms with van der Waals surface area (Å²) in [6.07, 6.45) is 4.06. The second kappa shape index (κ2) is 15.6. The Morgan fingerprint density at radius 3 is 0.853 bits per heavy atom. The van der Waals surface area contributed by atoms with Crippen molar-refractivity contribution < 1.29 is 0 Å². The highest BCUT2D eigenvalue weighted by Crippen LogP contribution is 2.50. The van der Waals surface area contributed by atoms with Crippen molar-refractivity contribution in [1.82, 2.24) is 0 Å². The predicted molar refractivity (Wildman–Crippen MR) is 289 cm³/mol. The van der Waals surface area contributed by atoms with Gasteiger partial charge in [-0.25, -0.2) is 0 Å². The van der Waals surface area contributed by atoms with Gasteiger partial charge in [0.1, 0.15) is 0 Å². The van der Waals surface area contributed by atoms with Gasteiger partial charge in [-0.2, -0.15) is 0 Å². The van der Waals surface area contributed by atoms with Gasteiger partial charge in [0.25, 0.3) is 0 Å². The summed E-state index contributed by atoms with van der Waals surface area (Å²) in [7, 11) is 0. The lowest BCUT2D eigenvalue weighted by atomic mass is 9.85. The molecule has 14 rings (SSSR count). The zero-order valence-corrected chi connectivity index (χ0v) is 37.7. The van der Waals surface area contributed by atoms with Gasteiger partial charge in [0, 0.05) is 33.5 Å².